The zero-order chi connectivity index (χ0) is 10.9. The molecular weight excluding hydrogens is 192 g/mol. The molecule has 0 saturated carbocycles. The number of hydrogen-bond donors (Lipinski definition) is 1. The molecule has 0 unspecified atom stereocenters. The highest BCUT2D eigenvalue weighted by Gasteiger charge is 2.04. The maximum absolute atomic E-state index is 5.36. The fourth-order valence-electron chi connectivity index (χ4n) is 1.19. The first-order valence-corrected chi connectivity index (χ1v) is 5.23. The van der Waals surface area contributed by atoms with Crippen LogP contribution in [0, 0.1) is 0 Å². The van der Waals surface area contributed by atoms with Gasteiger partial charge in [0.2, 0.25) is 0 Å². The Morgan fingerprint density at radius 2 is 2.13 bits per heavy atom. The molecule has 0 aliphatic heterocycles. The SMILES string of the molecule is CCOC(CN=Cc1ccc[nH]1)OCC. The number of hydrogen-bond acceptors (Lipinski definition) is 3. The molecule has 84 valence electrons. The number of ether oxygens (including phenoxy) is 2. The van der Waals surface area contributed by atoms with Crippen molar-refractivity contribution in [2.24, 2.45) is 4.99 Å². The van der Waals surface area contributed by atoms with Gasteiger partial charge in [0.05, 0.1) is 12.2 Å². The Balaban J connectivity index is 2.32. The summed E-state index contributed by atoms with van der Waals surface area (Å²) < 4.78 is 10.7. The lowest BCUT2D eigenvalue weighted by atomic mass is 10.5. The molecule has 4 nitrogen and oxygen atoms in total. The lowest BCUT2D eigenvalue weighted by Crippen LogP contribution is -2.20. The number of aromatic amines is 1. The fourth-order valence-corrected chi connectivity index (χ4v) is 1.19. The molecule has 0 aliphatic carbocycles. The number of H-pyrrole nitrogens is 1. The lowest BCUT2D eigenvalue weighted by Gasteiger charge is -2.13. The highest BCUT2D eigenvalue weighted by Crippen LogP contribution is 1.96. The van der Waals surface area contributed by atoms with Crippen LogP contribution in [0.2, 0.25) is 0 Å². The van der Waals surface area contributed by atoms with Gasteiger partial charge in [-0.2, -0.15) is 0 Å². The minimum Gasteiger partial charge on any atom is -0.360 e. The Morgan fingerprint density at radius 3 is 2.67 bits per heavy atom. The van der Waals surface area contributed by atoms with Gasteiger partial charge in [0.15, 0.2) is 6.29 Å². The summed E-state index contributed by atoms with van der Waals surface area (Å²) in [7, 11) is 0. The molecule has 0 radical (unpaired) electrons. The summed E-state index contributed by atoms with van der Waals surface area (Å²) in [5.41, 5.74) is 0.988. The van der Waals surface area contributed by atoms with Gasteiger partial charge < -0.3 is 14.5 Å². The van der Waals surface area contributed by atoms with Gasteiger partial charge in [-0.15, -0.1) is 0 Å². The number of nitrogens with zero attached hydrogens (tertiary/aromatic N) is 1. The van der Waals surface area contributed by atoms with Crippen molar-refractivity contribution in [2.45, 2.75) is 20.1 Å². The van der Waals surface area contributed by atoms with Crippen molar-refractivity contribution in [2.75, 3.05) is 19.8 Å². The molecular formula is C11H18N2O2. The van der Waals surface area contributed by atoms with E-state index in [1.54, 1.807) is 6.21 Å². The molecule has 0 aromatic carbocycles. The molecule has 1 N–H and O–H groups in total. The summed E-state index contributed by atoms with van der Waals surface area (Å²) in [6, 6.07) is 3.89. The predicted molar refractivity (Wildman–Crippen MR) is 60.3 cm³/mol. The zero-order valence-electron chi connectivity index (χ0n) is 9.27. The van der Waals surface area contributed by atoms with E-state index >= 15 is 0 Å². The van der Waals surface area contributed by atoms with Crippen molar-refractivity contribution < 1.29 is 9.47 Å². The standard InChI is InChI=1S/C11H18N2O2/c1-3-14-11(15-4-2)9-12-8-10-6-5-7-13-10/h5-8,11,13H,3-4,9H2,1-2H3. The third kappa shape index (κ3) is 4.76. The highest BCUT2D eigenvalue weighted by atomic mass is 16.7. The molecule has 15 heavy (non-hydrogen) atoms. The van der Waals surface area contributed by atoms with Gasteiger partial charge in [-0.25, -0.2) is 0 Å². The van der Waals surface area contributed by atoms with Gasteiger partial charge in [0.25, 0.3) is 0 Å². The first kappa shape index (κ1) is 11.9. The van der Waals surface area contributed by atoms with Crippen LogP contribution in [0.1, 0.15) is 19.5 Å². The van der Waals surface area contributed by atoms with E-state index < -0.39 is 0 Å². The van der Waals surface area contributed by atoms with Crippen LogP contribution < -0.4 is 0 Å². The van der Waals surface area contributed by atoms with Crippen LogP contribution >= 0.6 is 0 Å². The van der Waals surface area contributed by atoms with Gasteiger partial charge >= 0.3 is 0 Å². The smallest absolute Gasteiger partial charge is 0.176 e. The summed E-state index contributed by atoms with van der Waals surface area (Å²) in [4.78, 5) is 7.29. The quantitative estimate of drug-likeness (QED) is 0.551. The fraction of sp³-hybridized carbons (Fsp3) is 0.545. The Morgan fingerprint density at radius 1 is 1.40 bits per heavy atom. The summed E-state index contributed by atoms with van der Waals surface area (Å²) in [5.74, 6) is 0. The lowest BCUT2D eigenvalue weighted by molar-refractivity contribution is -0.128. The second-order valence-corrected chi connectivity index (χ2v) is 2.96. The topological polar surface area (TPSA) is 46.6 Å². The molecule has 0 bridgehead atoms. The number of aliphatic imine (C=N–C) groups is 1. The molecule has 4 heteroatoms. The van der Waals surface area contributed by atoms with Gasteiger partial charge in [-0.1, -0.05) is 0 Å². The van der Waals surface area contributed by atoms with Crippen LogP contribution in [0.3, 0.4) is 0 Å². The second kappa shape index (κ2) is 7.20. The summed E-state index contributed by atoms with van der Waals surface area (Å²) in [5, 5.41) is 0. The third-order valence-corrected chi connectivity index (χ3v) is 1.81. The van der Waals surface area contributed by atoms with Crippen LogP contribution in [-0.4, -0.2) is 37.2 Å². The average molecular weight is 210 g/mol. The minimum absolute atomic E-state index is 0.230. The monoisotopic (exact) mass is 210 g/mol. The van der Waals surface area contributed by atoms with Crippen molar-refractivity contribution >= 4 is 6.21 Å². The molecule has 0 atom stereocenters. The molecule has 1 aromatic rings. The minimum atomic E-state index is -0.230. The van der Waals surface area contributed by atoms with E-state index in [1.165, 1.54) is 0 Å². The van der Waals surface area contributed by atoms with Crippen molar-refractivity contribution in [3.05, 3.63) is 24.0 Å². The molecule has 0 saturated heterocycles. The van der Waals surface area contributed by atoms with E-state index in [9.17, 15) is 0 Å². The second-order valence-electron chi connectivity index (χ2n) is 2.96. The Hall–Kier alpha value is -1.13. The summed E-state index contributed by atoms with van der Waals surface area (Å²) in [6.45, 7) is 5.70. The van der Waals surface area contributed by atoms with Gasteiger partial charge in [-0.05, 0) is 26.0 Å². The van der Waals surface area contributed by atoms with Gasteiger partial charge in [-0.3, -0.25) is 4.99 Å². The van der Waals surface area contributed by atoms with E-state index in [1.807, 2.05) is 32.2 Å². The highest BCUT2D eigenvalue weighted by molar-refractivity contribution is 5.76. The summed E-state index contributed by atoms with van der Waals surface area (Å²) >= 11 is 0. The number of rotatable bonds is 7. The van der Waals surface area contributed by atoms with Crippen LogP contribution in [-0.2, 0) is 9.47 Å². The normalized spacial score (nSPS) is 11.7. The Labute approximate surface area is 90.3 Å². The molecule has 1 heterocycles. The number of nitrogens with one attached hydrogen (secondary N) is 1. The summed E-state index contributed by atoms with van der Waals surface area (Å²) in [6.07, 6.45) is 3.42. The van der Waals surface area contributed by atoms with Crippen LogP contribution in [0.15, 0.2) is 23.3 Å². The van der Waals surface area contributed by atoms with E-state index in [4.69, 9.17) is 9.47 Å². The molecule has 0 aliphatic rings. The Bertz CT molecular complexity index is 264. The molecule has 1 aromatic heterocycles. The van der Waals surface area contributed by atoms with Crippen molar-refractivity contribution in [3.8, 4) is 0 Å². The van der Waals surface area contributed by atoms with E-state index in [2.05, 4.69) is 9.98 Å². The maximum Gasteiger partial charge on any atom is 0.176 e. The molecule has 0 spiro atoms. The molecule has 1 rings (SSSR count). The molecule has 0 amide bonds. The maximum atomic E-state index is 5.36. The zero-order valence-corrected chi connectivity index (χ0v) is 9.27. The Kier molecular flexibility index (Phi) is 5.73. The predicted octanol–water partition coefficient (Wildman–Crippen LogP) is 1.83. The number of aromatic nitrogens is 1. The van der Waals surface area contributed by atoms with Crippen LogP contribution in [0.5, 0.6) is 0 Å². The first-order chi connectivity index (χ1) is 7.36. The van der Waals surface area contributed by atoms with E-state index in [-0.39, 0.29) is 6.29 Å². The van der Waals surface area contributed by atoms with Crippen molar-refractivity contribution in [1.29, 1.82) is 0 Å². The van der Waals surface area contributed by atoms with Crippen LogP contribution in [0.25, 0.3) is 0 Å². The van der Waals surface area contributed by atoms with E-state index in [0.717, 1.165) is 5.69 Å². The van der Waals surface area contributed by atoms with Crippen molar-refractivity contribution in [3.63, 3.8) is 0 Å². The first-order valence-electron chi connectivity index (χ1n) is 5.23. The largest absolute Gasteiger partial charge is 0.360 e. The van der Waals surface area contributed by atoms with Gasteiger partial charge in [0, 0.05) is 25.6 Å². The third-order valence-electron chi connectivity index (χ3n) is 1.81. The molecule has 0 fully saturated rings. The van der Waals surface area contributed by atoms with Crippen LogP contribution in [0.4, 0.5) is 0 Å². The van der Waals surface area contributed by atoms with E-state index in [0.29, 0.717) is 19.8 Å². The van der Waals surface area contributed by atoms with Crippen molar-refractivity contribution in [1.82, 2.24) is 4.98 Å². The van der Waals surface area contributed by atoms with Gasteiger partial charge in [0.1, 0.15) is 0 Å². The average Bonchev–Trinajstić information content (AvgIpc) is 2.71.